The number of hydrogen-bond donors (Lipinski definition) is 1. The largest absolute Gasteiger partial charge is 0.384 e. The minimum absolute atomic E-state index is 0.561. The van der Waals surface area contributed by atoms with Crippen LogP contribution in [0, 0.1) is 13.8 Å². The average Bonchev–Trinajstić information content (AvgIpc) is 2.35. The van der Waals surface area contributed by atoms with Crippen molar-refractivity contribution in [2.24, 2.45) is 0 Å². The highest BCUT2D eigenvalue weighted by Gasteiger charge is 2.17. The lowest BCUT2D eigenvalue weighted by Gasteiger charge is -2.16. The van der Waals surface area contributed by atoms with E-state index in [9.17, 15) is 5.11 Å². The molecular weight excluding hydrogens is 312 g/mol. The number of aliphatic hydroxyl groups is 1. The molecule has 1 unspecified atom stereocenters. The van der Waals surface area contributed by atoms with E-state index in [1.165, 1.54) is 0 Å². The third kappa shape index (κ3) is 2.61. The van der Waals surface area contributed by atoms with E-state index < -0.39 is 6.10 Å². The standard InChI is InChI=1S/C15H14BrClO/c1-9-6-7-10(2)12(8-9)15(18)11-4-3-5-13(16)14(11)17/h3-8,15,18H,1-2H3. The number of halogens is 2. The van der Waals surface area contributed by atoms with Crippen molar-refractivity contribution in [1.29, 1.82) is 0 Å². The Morgan fingerprint density at radius 3 is 2.56 bits per heavy atom. The van der Waals surface area contributed by atoms with Crippen LogP contribution < -0.4 is 0 Å². The number of aliphatic hydroxyl groups excluding tert-OH is 1. The van der Waals surface area contributed by atoms with Crippen molar-refractivity contribution >= 4 is 27.5 Å². The fourth-order valence-electron chi connectivity index (χ4n) is 1.95. The van der Waals surface area contributed by atoms with Crippen LogP contribution in [0.5, 0.6) is 0 Å². The summed E-state index contributed by atoms with van der Waals surface area (Å²) in [5.41, 5.74) is 3.81. The van der Waals surface area contributed by atoms with Gasteiger partial charge in [-0.3, -0.25) is 0 Å². The molecule has 1 atom stereocenters. The second kappa shape index (κ2) is 5.43. The zero-order valence-electron chi connectivity index (χ0n) is 10.2. The highest BCUT2D eigenvalue weighted by atomic mass is 79.9. The first-order chi connectivity index (χ1) is 8.50. The van der Waals surface area contributed by atoms with Gasteiger partial charge in [0.05, 0.1) is 5.02 Å². The van der Waals surface area contributed by atoms with Crippen molar-refractivity contribution in [1.82, 2.24) is 0 Å². The van der Waals surface area contributed by atoms with Gasteiger partial charge in [-0.05, 0) is 47.0 Å². The maximum atomic E-state index is 10.5. The summed E-state index contributed by atoms with van der Waals surface area (Å²) < 4.78 is 0.797. The van der Waals surface area contributed by atoms with Gasteiger partial charge in [-0.25, -0.2) is 0 Å². The Kier molecular flexibility index (Phi) is 4.10. The Balaban J connectivity index is 2.51. The summed E-state index contributed by atoms with van der Waals surface area (Å²) in [7, 11) is 0. The Hall–Kier alpha value is -0.830. The Morgan fingerprint density at radius 1 is 1.11 bits per heavy atom. The van der Waals surface area contributed by atoms with E-state index >= 15 is 0 Å². The predicted octanol–water partition coefficient (Wildman–Crippen LogP) is 4.80. The number of benzene rings is 2. The second-order valence-corrected chi connectivity index (χ2v) is 5.64. The molecule has 18 heavy (non-hydrogen) atoms. The molecule has 1 N–H and O–H groups in total. The van der Waals surface area contributed by atoms with E-state index in [0.717, 1.165) is 26.7 Å². The summed E-state index contributed by atoms with van der Waals surface area (Å²) in [4.78, 5) is 0. The second-order valence-electron chi connectivity index (χ2n) is 4.41. The van der Waals surface area contributed by atoms with Gasteiger partial charge in [0.1, 0.15) is 6.10 Å². The van der Waals surface area contributed by atoms with Crippen LogP contribution in [-0.4, -0.2) is 5.11 Å². The van der Waals surface area contributed by atoms with Crippen LogP contribution in [0.15, 0.2) is 40.9 Å². The van der Waals surface area contributed by atoms with Gasteiger partial charge in [-0.15, -0.1) is 0 Å². The van der Waals surface area contributed by atoms with Gasteiger partial charge < -0.3 is 5.11 Å². The van der Waals surface area contributed by atoms with Crippen LogP contribution in [0.25, 0.3) is 0 Å². The molecule has 3 heteroatoms. The lowest BCUT2D eigenvalue weighted by Crippen LogP contribution is -2.03. The molecule has 2 aromatic rings. The van der Waals surface area contributed by atoms with Crippen LogP contribution in [0.1, 0.15) is 28.4 Å². The maximum Gasteiger partial charge on any atom is 0.106 e. The summed E-state index contributed by atoms with van der Waals surface area (Å²) in [5, 5.41) is 11.1. The molecule has 0 bridgehead atoms. The molecule has 0 saturated heterocycles. The topological polar surface area (TPSA) is 20.2 Å². The molecule has 0 radical (unpaired) electrons. The van der Waals surface area contributed by atoms with Crippen LogP contribution >= 0.6 is 27.5 Å². The molecule has 94 valence electrons. The number of hydrogen-bond acceptors (Lipinski definition) is 1. The van der Waals surface area contributed by atoms with Gasteiger partial charge in [0.25, 0.3) is 0 Å². The van der Waals surface area contributed by atoms with Crippen molar-refractivity contribution in [3.63, 3.8) is 0 Å². The minimum atomic E-state index is -0.699. The van der Waals surface area contributed by atoms with Crippen LogP contribution in [0.3, 0.4) is 0 Å². The molecule has 0 amide bonds. The van der Waals surface area contributed by atoms with Gasteiger partial charge in [-0.2, -0.15) is 0 Å². The molecule has 0 fully saturated rings. The average molecular weight is 326 g/mol. The SMILES string of the molecule is Cc1ccc(C)c(C(O)c2cccc(Br)c2Cl)c1. The summed E-state index contributed by atoms with van der Waals surface area (Å²) in [6, 6.07) is 11.6. The predicted molar refractivity (Wildman–Crippen MR) is 79.1 cm³/mol. The Labute approximate surface area is 121 Å². The van der Waals surface area contributed by atoms with Crippen molar-refractivity contribution < 1.29 is 5.11 Å². The van der Waals surface area contributed by atoms with Crippen molar-refractivity contribution in [2.75, 3.05) is 0 Å². The maximum absolute atomic E-state index is 10.5. The number of rotatable bonds is 2. The first kappa shape index (κ1) is 13.6. The van der Waals surface area contributed by atoms with Crippen molar-refractivity contribution in [2.45, 2.75) is 20.0 Å². The summed E-state index contributed by atoms with van der Waals surface area (Å²) in [6.45, 7) is 4.00. The molecule has 0 aliphatic heterocycles. The smallest absolute Gasteiger partial charge is 0.106 e. The van der Waals surface area contributed by atoms with Gasteiger partial charge in [0, 0.05) is 10.0 Å². The molecule has 2 aromatic carbocycles. The fraction of sp³-hybridized carbons (Fsp3) is 0.200. The van der Waals surface area contributed by atoms with Crippen LogP contribution in [0.2, 0.25) is 5.02 Å². The quantitative estimate of drug-likeness (QED) is 0.841. The third-order valence-electron chi connectivity index (χ3n) is 3.01. The van der Waals surface area contributed by atoms with E-state index in [0.29, 0.717) is 5.02 Å². The summed E-state index contributed by atoms with van der Waals surface area (Å²) in [5.74, 6) is 0. The van der Waals surface area contributed by atoms with E-state index in [1.807, 2.05) is 50.2 Å². The molecule has 1 nitrogen and oxygen atoms in total. The highest BCUT2D eigenvalue weighted by Crippen LogP contribution is 2.34. The van der Waals surface area contributed by atoms with E-state index in [2.05, 4.69) is 15.9 Å². The Morgan fingerprint density at radius 2 is 1.83 bits per heavy atom. The van der Waals surface area contributed by atoms with Crippen LogP contribution in [-0.2, 0) is 0 Å². The molecule has 0 aliphatic rings. The third-order valence-corrected chi connectivity index (χ3v) is 4.32. The first-order valence-corrected chi connectivity index (χ1v) is 6.87. The fourth-order valence-corrected chi connectivity index (χ4v) is 2.56. The van der Waals surface area contributed by atoms with Crippen molar-refractivity contribution in [3.05, 3.63) is 68.1 Å². The molecule has 0 aromatic heterocycles. The van der Waals surface area contributed by atoms with Gasteiger partial charge >= 0.3 is 0 Å². The van der Waals surface area contributed by atoms with Gasteiger partial charge in [0.2, 0.25) is 0 Å². The highest BCUT2D eigenvalue weighted by molar-refractivity contribution is 9.10. The van der Waals surface area contributed by atoms with E-state index in [4.69, 9.17) is 11.6 Å². The zero-order valence-corrected chi connectivity index (χ0v) is 12.6. The van der Waals surface area contributed by atoms with Crippen molar-refractivity contribution in [3.8, 4) is 0 Å². The molecule has 0 spiro atoms. The first-order valence-electron chi connectivity index (χ1n) is 5.70. The molecule has 2 rings (SSSR count). The molecule has 0 saturated carbocycles. The minimum Gasteiger partial charge on any atom is -0.384 e. The summed E-state index contributed by atoms with van der Waals surface area (Å²) in [6.07, 6.45) is -0.699. The normalized spacial score (nSPS) is 12.5. The lowest BCUT2D eigenvalue weighted by molar-refractivity contribution is 0.219. The van der Waals surface area contributed by atoms with Crippen LogP contribution in [0.4, 0.5) is 0 Å². The number of aryl methyl sites for hydroxylation is 2. The lowest BCUT2D eigenvalue weighted by atomic mass is 9.96. The summed E-state index contributed by atoms with van der Waals surface area (Å²) >= 11 is 9.60. The van der Waals surface area contributed by atoms with E-state index in [1.54, 1.807) is 0 Å². The zero-order chi connectivity index (χ0) is 13.3. The van der Waals surface area contributed by atoms with Gasteiger partial charge in [-0.1, -0.05) is 47.5 Å². The van der Waals surface area contributed by atoms with Gasteiger partial charge in [0.15, 0.2) is 0 Å². The van der Waals surface area contributed by atoms with E-state index in [-0.39, 0.29) is 0 Å². The molecule has 0 heterocycles. The molecular formula is C15H14BrClO. The Bertz CT molecular complexity index is 579. The molecule has 0 aliphatic carbocycles. The monoisotopic (exact) mass is 324 g/mol.